The molecule has 0 spiro atoms. The highest BCUT2D eigenvalue weighted by Crippen LogP contribution is 2.32. The molecule has 1 aliphatic heterocycles. The average molecular weight is 315 g/mol. The van der Waals surface area contributed by atoms with E-state index in [0.717, 1.165) is 37.1 Å². The minimum absolute atomic E-state index is 0.210. The topological polar surface area (TPSA) is 77.0 Å². The fourth-order valence-electron chi connectivity index (χ4n) is 3.78. The normalized spacial score (nSPS) is 18.4. The third kappa shape index (κ3) is 2.44. The summed E-state index contributed by atoms with van der Waals surface area (Å²) in [6.45, 7) is 3.15. The maximum absolute atomic E-state index is 12.7. The van der Waals surface area contributed by atoms with Crippen LogP contribution in [-0.2, 0) is 24.8 Å². The summed E-state index contributed by atoms with van der Waals surface area (Å²) in [5.74, 6) is 1.54. The Bertz CT molecular complexity index is 742. The molecule has 2 aromatic heterocycles. The fraction of sp³-hybridized carbons (Fsp3) is 0.625. The van der Waals surface area contributed by atoms with Gasteiger partial charge in [0.2, 0.25) is 5.91 Å². The van der Waals surface area contributed by atoms with E-state index in [0.29, 0.717) is 29.9 Å². The van der Waals surface area contributed by atoms with Crippen LogP contribution in [0, 0.1) is 12.8 Å². The second-order valence-electron chi connectivity index (χ2n) is 6.54. The van der Waals surface area contributed by atoms with Gasteiger partial charge in [0, 0.05) is 43.7 Å². The van der Waals surface area contributed by atoms with Gasteiger partial charge in [-0.2, -0.15) is 10.1 Å². The summed E-state index contributed by atoms with van der Waals surface area (Å²) in [6.07, 6.45) is 5.24. The second kappa shape index (κ2) is 5.47. The quantitative estimate of drug-likeness (QED) is 0.845. The Morgan fingerprint density at radius 3 is 2.78 bits per heavy atom. The van der Waals surface area contributed by atoms with Crippen LogP contribution >= 0.6 is 0 Å². The van der Waals surface area contributed by atoms with E-state index in [-0.39, 0.29) is 5.92 Å². The maximum Gasteiger partial charge on any atom is 0.278 e. The number of carbonyl (C=O) groups is 1. The van der Waals surface area contributed by atoms with Crippen molar-refractivity contribution in [2.75, 3.05) is 6.54 Å². The number of hydrogen-bond donors (Lipinski definition) is 0. The van der Waals surface area contributed by atoms with Gasteiger partial charge in [0.15, 0.2) is 11.5 Å². The first-order valence-corrected chi connectivity index (χ1v) is 8.27. The number of nitrogens with zero attached hydrogens (tertiary/aromatic N) is 5. The zero-order valence-electron chi connectivity index (χ0n) is 13.6. The molecule has 2 aliphatic rings. The first-order valence-electron chi connectivity index (χ1n) is 8.27. The zero-order chi connectivity index (χ0) is 16.0. The monoisotopic (exact) mass is 315 g/mol. The van der Waals surface area contributed by atoms with Gasteiger partial charge < -0.3 is 9.42 Å². The molecule has 0 N–H and O–H groups in total. The van der Waals surface area contributed by atoms with Crippen molar-refractivity contribution in [3.05, 3.63) is 17.1 Å². The third-order valence-electron chi connectivity index (χ3n) is 4.99. The molecule has 7 heteroatoms. The van der Waals surface area contributed by atoms with Crippen molar-refractivity contribution in [3.63, 3.8) is 0 Å². The molecule has 3 heterocycles. The molecule has 0 aromatic carbocycles. The first kappa shape index (κ1) is 14.4. The zero-order valence-corrected chi connectivity index (χ0v) is 13.6. The number of rotatable bonds is 2. The summed E-state index contributed by atoms with van der Waals surface area (Å²) < 4.78 is 7.16. The number of aromatic nitrogens is 4. The number of fused-ring (bicyclic) bond motifs is 1. The molecule has 122 valence electrons. The predicted octanol–water partition coefficient (Wildman–Crippen LogP) is 1.85. The average Bonchev–Trinajstić information content (AvgIpc) is 3.27. The molecule has 0 atom stereocenters. The number of carbonyl (C=O) groups excluding carboxylic acids is 1. The van der Waals surface area contributed by atoms with Crippen LogP contribution in [0.4, 0.5) is 0 Å². The highest BCUT2D eigenvalue weighted by atomic mass is 16.5. The molecule has 0 bridgehead atoms. The Kier molecular flexibility index (Phi) is 3.43. The largest absolute Gasteiger partial charge is 0.338 e. The SMILES string of the molecule is Cc1noc(-c2nn(C)c3c2CN(C(=O)C2CCCC2)CC3)n1. The maximum atomic E-state index is 12.7. The van der Waals surface area contributed by atoms with Crippen molar-refractivity contribution in [3.8, 4) is 11.6 Å². The van der Waals surface area contributed by atoms with Gasteiger partial charge in [-0.1, -0.05) is 18.0 Å². The van der Waals surface area contributed by atoms with E-state index in [1.165, 1.54) is 12.8 Å². The molecular formula is C16H21N5O2. The summed E-state index contributed by atoms with van der Waals surface area (Å²) in [5.41, 5.74) is 2.92. The van der Waals surface area contributed by atoms with Gasteiger partial charge in [0.05, 0.1) is 0 Å². The van der Waals surface area contributed by atoms with Gasteiger partial charge >= 0.3 is 0 Å². The van der Waals surface area contributed by atoms with Crippen molar-refractivity contribution in [1.29, 1.82) is 0 Å². The molecular weight excluding hydrogens is 294 g/mol. The molecule has 0 radical (unpaired) electrons. The number of hydrogen-bond acceptors (Lipinski definition) is 5. The molecule has 1 saturated carbocycles. The molecule has 1 amide bonds. The number of amides is 1. The highest BCUT2D eigenvalue weighted by molar-refractivity contribution is 5.79. The lowest BCUT2D eigenvalue weighted by molar-refractivity contribution is -0.136. The summed E-state index contributed by atoms with van der Waals surface area (Å²) in [6, 6.07) is 0. The molecule has 0 saturated heterocycles. The third-order valence-corrected chi connectivity index (χ3v) is 4.99. The van der Waals surface area contributed by atoms with Crippen molar-refractivity contribution in [1.82, 2.24) is 24.8 Å². The predicted molar refractivity (Wildman–Crippen MR) is 82.3 cm³/mol. The van der Waals surface area contributed by atoms with E-state index < -0.39 is 0 Å². The van der Waals surface area contributed by atoms with Gasteiger partial charge in [-0.05, 0) is 19.8 Å². The van der Waals surface area contributed by atoms with Gasteiger partial charge in [0.1, 0.15) is 0 Å². The lowest BCUT2D eigenvalue weighted by atomic mass is 10.0. The van der Waals surface area contributed by atoms with Crippen LogP contribution in [0.15, 0.2) is 4.52 Å². The molecule has 7 nitrogen and oxygen atoms in total. The van der Waals surface area contributed by atoms with Crippen LogP contribution in [0.5, 0.6) is 0 Å². The van der Waals surface area contributed by atoms with Crippen LogP contribution in [0.1, 0.15) is 42.8 Å². The van der Waals surface area contributed by atoms with E-state index in [1.54, 1.807) is 6.92 Å². The first-order chi connectivity index (χ1) is 11.1. The van der Waals surface area contributed by atoms with Crippen molar-refractivity contribution in [2.45, 2.75) is 45.6 Å². The molecule has 4 rings (SSSR count). The smallest absolute Gasteiger partial charge is 0.278 e. The summed E-state index contributed by atoms with van der Waals surface area (Å²) in [7, 11) is 1.93. The van der Waals surface area contributed by atoms with Crippen LogP contribution in [0.25, 0.3) is 11.6 Å². The van der Waals surface area contributed by atoms with Crippen molar-refractivity contribution < 1.29 is 9.32 Å². The van der Waals surface area contributed by atoms with Gasteiger partial charge in [-0.25, -0.2) is 0 Å². The summed E-state index contributed by atoms with van der Waals surface area (Å²) in [5, 5.41) is 8.40. The van der Waals surface area contributed by atoms with E-state index in [2.05, 4.69) is 15.2 Å². The van der Waals surface area contributed by atoms with Crippen molar-refractivity contribution >= 4 is 5.91 Å². The summed E-state index contributed by atoms with van der Waals surface area (Å²) in [4.78, 5) is 19.0. The Balaban J connectivity index is 1.64. The lowest BCUT2D eigenvalue weighted by Gasteiger charge is -2.29. The lowest BCUT2D eigenvalue weighted by Crippen LogP contribution is -2.39. The van der Waals surface area contributed by atoms with Crippen LogP contribution in [0.2, 0.25) is 0 Å². The molecule has 0 unspecified atom stereocenters. The second-order valence-corrected chi connectivity index (χ2v) is 6.54. The van der Waals surface area contributed by atoms with Gasteiger partial charge in [0.25, 0.3) is 5.89 Å². The molecule has 2 aromatic rings. The van der Waals surface area contributed by atoms with E-state index >= 15 is 0 Å². The van der Waals surface area contributed by atoms with E-state index in [9.17, 15) is 4.79 Å². The molecule has 1 aliphatic carbocycles. The summed E-state index contributed by atoms with van der Waals surface area (Å²) >= 11 is 0. The van der Waals surface area contributed by atoms with Crippen LogP contribution in [-0.4, -0.2) is 37.3 Å². The standard InChI is InChI=1S/C16H21N5O2/c1-10-17-15(23-19-10)14-12-9-21(8-7-13(12)20(2)18-14)16(22)11-5-3-4-6-11/h11H,3-9H2,1-2H3. The van der Waals surface area contributed by atoms with Gasteiger partial charge in [-0.15, -0.1) is 0 Å². The highest BCUT2D eigenvalue weighted by Gasteiger charge is 2.33. The van der Waals surface area contributed by atoms with Crippen LogP contribution in [0.3, 0.4) is 0 Å². The fourth-order valence-corrected chi connectivity index (χ4v) is 3.78. The van der Waals surface area contributed by atoms with Crippen LogP contribution < -0.4 is 0 Å². The molecule has 1 fully saturated rings. The number of aryl methyl sites for hydroxylation is 2. The Morgan fingerprint density at radius 2 is 2.09 bits per heavy atom. The van der Waals surface area contributed by atoms with Gasteiger partial charge in [-0.3, -0.25) is 9.48 Å². The minimum atomic E-state index is 0.210. The Morgan fingerprint density at radius 1 is 1.30 bits per heavy atom. The van der Waals surface area contributed by atoms with Crippen molar-refractivity contribution in [2.24, 2.45) is 13.0 Å². The van der Waals surface area contributed by atoms with E-state index in [1.807, 2.05) is 16.6 Å². The molecule has 23 heavy (non-hydrogen) atoms. The Labute approximate surface area is 134 Å². The van der Waals surface area contributed by atoms with E-state index in [4.69, 9.17) is 4.52 Å². The minimum Gasteiger partial charge on any atom is -0.338 e. The Hall–Kier alpha value is -2.18.